The number of carbonyl (C=O) groups excluding carboxylic acids is 2. The fourth-order valence-electron chi connectivity index (χ4n) is 2.60. The Balaban J connectivity index is 2.16. The van der Waals surface area contributed by atoms with Gasteiger partial charge in [-0.15, -0.1) is 11.8 Å². The molecule has 2 rings (SSSR count). The van der Waals surface area contributed by atoms with Crippen LogP contribution in [-0.4, -0.2) is 51.1 Å². The lowest BCUT2D eigenvalue weighted by molar-refractivity contribution is -0.140. The van der Waals surface area contributed by atoms with Gasteiger partial charge < -0.3 is 9.84 Å². The summed E-state index contributed by atoms with van der Waals surface area (Å²) >= 11 is 1.25. The highest BCUT2D eigenvalue weighted by Gasteiger charge is 2.41. The molecule has 6 nitrogen and oxygen atoms in total. The Morgan fingerprint density at radius 1 is 1.33 bits per heavy atom. The van der Waals surface area contributed by atoms with Gasteiger partial charge in [0.05, 0.1) is 17.7 Å². The molecule has 0 aliphatic carbocycles. The lowest BCUT2D eigenvalue weighted by atomic mass is 10.1. The van der Waals surface area contributed by atoms with Gasteiger partial charge in [-0.25, -0.2) is 9.69 Å². The molecule has 2 atom stereocenters. The molecule has 24 heavy (non-hydrogen) atoms. The van der Waals surface area contributed by atoms with Crippen molar-refractivity contribution in [2.24, 2.45) is 0 Å². The van der Waals surface area contributed by atoms with E-state index in [0.717, 1.165) is 10.5 Å². The van der Waals surface area contributed by atoms with E-state index in [0.29, 0.717) is 6.42 Å². The molecule has 1 aromatic rings. The molecule has 1 aliphatic rings. The molecule has 7 heteroatoms. The zero-order valence-corrected chi connectivity index (χ0v) is 14.5. The number of aliphatic carboxylic acids is 1. The van der Waals surface area contributed by atoms with Gasteiger partial charge >= 0.3 is 12.1 Å². The number of amides is 2. The van der Waals surface area contributed by atoms with E-state index < -0.39 is 29.3 Å². The first-order chi connectivity index (χ1) is 11.4. The van der Waals surface area contributed by atoms with E-state index in [1.54, 1.807) is 0 Å². The molecule has 1 fully saturated rings. The van der Waals surface area contributed by atoms with Crippen molar-refractivity contribution in [3.05, 3.63) is 35.9 Å². The summed E-state index contributed by atoms with van der Waals surface area (Å²) in [7, 11) is 0. The average molecular weight is 351 g/mol. The van der Waals surface area contributed by atoms with Crippen molar-refractivity contribution in [1.82, 2.24) is 4.90 Å². The van der Waals surface area contributed by atoms with Crippen molar-refractivity contribution in [3.8, 4) is 0 Å². The van der Waals surface area contributed by atoms with Crippen LogP contribution in [0.5, 0.6) is 0 Å². The largest absolute Gasteiger partial charge is 0.481 e. The smallest absolute Gasteiger partial charge is 0.417 e. The summed E-state index contributed by atoms with van der Waals surface area (Å²) in [6.45, 7) is 3.90. The number of carboxylic acids is 1. The summed E-state index contributed by atoms with van der Waals surface area (Å²) in [5.74, 6) is -1.55. The van der Waals surface area contributed by atoms with Crippen LogP contribution in [0.1, 0.15) is 25.8 Å². The first kappa shape index (κ1) is 18.3. The fourth-order valence-corrected chi connectivity index (χ4v) is 3.73. The molecular formula is C17H21NO5S. The van der Waals surface area contributed by atoms with E-state index in [2.05, 4.69) is 0 Å². The Morgan fingerprint density at radius 2 is 2.00 bits per heavy atom. The third-order valence-electron chi connectivity index (χ3n) is 3.58. The second-order valence-electron chi connectivity index (χ2n) is 5.90. The van der Waals surface area contributed by atoms with E-state index >= 15 is 0 Å². The predicted molar refractivity (Wildman–Crippen MR) is 90.9 cm³/mol. The monoisotopic (exact) mass is 351 g/mol. The minimum absolute atomic E-state index is 0.0736. The van der Waals surface area contributed by atoms with E-state index in [1.807, 2.05) is 44.2 Å². The van der Waals surface area contributed by atoms with Gasteiger partial charge in [0.1, 0.15) is 6.61 Å². The van der Waals surface area contributed by atoms with E-state index in [-0.39, 0.29) is 18.3 Å². The van der Waals surface area contributed by atoms with Crippen LogP contribution < -0.4 is 0 Å². The highest BCUT2D eigenvalue weighted by Crippen LogP contribution is 2.26. The number of ether oxygens (including phenoxy) is 1. The van der Waals surface area contributed by atoms with E-state index in [1.165, 1.54) is 11.8 Å². The molecule has 0 spiro atoms. The molecule has 0 bridgehead atoms. The Kier molecular flexibility index (Phi) is 6.25. The maximum atomic E-state index is 12.8. The van der Waals surface area contributed by atoms with Crippen LogP contribution in [0.4, 0.5) is 4.79 Å². The minimum atomic E-state index is -1.06. The Hall–Kier alpha value is -2.02. The Labute approximate surface area is 145 Å². The number of rotatable bonds is 7. The third kappa shape index (κ3) is 4.74. The van der Waals surface area contributed by atoms with Gasteiger partial charge in [0.2, 0.25) is 5.91 Å². The SMILES string of the molecule is CC(C)S[C@H](CC(=O)O)C(=O)N1C(=O)OC[C@@H]1Cc1ccccc1. The van der Waals surface area contributed by atoms with Crippen LogP contribution in [0.3, 0.4) is 0 Å². The van der Waals surface area contributed by atoms with Crippen LogP contribution in [0, 0.1) is 0 Å². The summed E-state index contributed by atoms with van der Waals surface area (Å²) in [6, 6.07) is 9.11. The van der Waals surface area contributed by atoms with E-state index in [4.69, 9.17) is 9.84 Å². The first-order valence-electron chi connectivity index (χ1n) is 7.79. The fraction of sp³-hybridized carbons (Fsp3) is 0.471. The van der Waals surface area contributed by atoms with Crippen LogP contribution in [0.15, 0.2) is 30.3 Å². The number of carboxylic acid groups (broad SMARTS) is 1. The number of benzene rings is 1. The van der Waals surface area contributed by atoms with E-state index in [9.17, 15) is 14.4 Å². The number of cyclic esters (lactones) is 1. The molecule has 1 saturated heterocycles. The van der Waals surface area contributed by atoms with Gasteiger partial charge in [0.15, 0.2) is 0 Å². The van der Waals surface area contributed by atoms with Crippen molar-refractivity contribution >= 4 is 29.7 Å². The van der Waals surface area contributed by atoms with Crippen LogP contribution in [0.25, 0.3) is 0 Å². The summed E-state index contributed by atoms with van der Waals surface area (Å²) in [4.78, 5) is 36.9. The lowest BCUT2D eigenvalue weighted by Crippen LogP contribution is -2.45. The third-order valence-corrected chi connectivity index (χ3v) is 4.83. The molecule has 2 amide bonds. The number of hydrogen-bond acceptors (Lipinski definition) is 5. The summed E-state index contributed by atoms with van der Waals surface area (Å²) < 4.78 is 5.04. The van der Waals surface area contributed by atoms with Crippen molar-refractivity contribution in [3.63, 3.8) is 0 Å². The molecule has 1 heterocycles. The van der Waals surface area contributed by atoms with Crippen molar-refractivity contribution in [2.75, 3.05) is 6.61 Å². The normalized spacial score (nSPS) is 18.5. The zero-order chi connectivity index (χ0) is 17.7. The van der Waals surface area contributed by atoms with Gasteiger partial charge in [-0.2, -0.15) is 0 Å². The second-order valence-corrected chi connectivity index (χ2v) is 7.68. The van der Waals surface area contributed by atoms with Gasteiger partial charge in [0.25, 0.3) is 0 Å². The molecule has 0 unspecified atom stereocenters. The number of imide groups is 1. The van der Waals surface area contributed by atoms with Gasteiger partial charge in [-0.05, 0) is 17.2 Å². The summed E-state index contributed by atoms with van der Waals surface area (Å²) in [5.41, 5.74) is 0.991. The van der Waals surface area contributed by atoms with Crippen LogP contribution >= 0.6 is 11.8 Å². The summed E-state index contributed by atoms with van der Waals surface area (Å²) in [6.07, 6.45) is -0.519. The zero-order valence-electron chi connectivity index (χ0n) is 13.7. The Morgan fingerprint density at radius 3 is 2.58 bits per heavy atom. The van der Waals surface area contributed by atoms with Crippen LogP contribution in [0.2, 0.25) is 0 Å². The molecule has 1 aliphatic heterocycles. The predicted octanol–water partition coefficient (Wildman–Crippen LogP) is 2.56. The van der Waals surface area contributed by atoms with Gasteiger partial charge in [-0.3, -0.25) is 9.59 Å². The van der Waals surface area contributed by atoms with Crippen LogP contribution in [-0.2, 0) is 20.7 Å². The second kappa shape index (κ2) is 8.19. The number of nitrogens with zero attached hydrogens (tertiary/aromatic N) is 1. The minimum Gasteiger partial charge on any atom is -0.481 e. The Bertz CT molecular complexity index is 604. The molecular weight excluding hydrogens is 330 g/mol. The van der Waals surface area contributed by atoms with Gasteiger partial charge in [0, 0.05) is 0 Å². The number of thioether (sulfide) groups is 1. The standard InChI is InChI=1S/C17H21NO5S/c1-11(2)24-14(9-15(19)20)16(21)18-13(10-23-17(18)22)8-12-6-4-3-5-7-12/h3-7,11,13-14H,8-10H2,1-2H3,(H,19,20)/t13-,14+/m0/s1. The first-order valence-corrected chi connectivity index (χ1v) is 8.73. The topological polar surface area (TPSA) is 83.9 Å². The molecule has 1 N–H and O–H groups in total. The molecule has 130 valence electrons. The van der Waals surface area contributed by atoms with Crippen molar-refractivity contribution in [2.45, 2.75) is 43.2 Å². The maximum Gasteiger partial charge on any atom is 0.417 e. The van der Waals surface area contributed by atoms with Crippen molar-refractivity contribution in [1.29, 1.82) is 0 Å². The summed E-state index contributed by atoms with van der Waals surface area (Å²) in [5, 5.41) is 8.33. The average Bonchev–Trinajstić information content (AvgIpc) is 2.86. The lowest BCUT2D eigenvalue weighted by Gasteiger charge is -2.25. The number of hydrogen-bond donors (Lipinski definition) is 1. The molecule has 0 radical (unpaired) electrons. The highest BCUT2D eigenvalue weighted by atomic mass is 32.2. The molecule has 0 saturated carbocycles. The highest BCUT2D eigenvalue weighted by molar-refractivity contribution is 8.01. The molecule has 1 aromatic carbocycles. The molecule has 0 aromatic heterocycles. The maximum absolute atomic E-state index is 12.8. The number of carbonyl (C=O) groups is 3. The van der Waals surface area contributed by atoms with Gasteiger partial charge in [-0.1, -0.05) is 44.2 Å². The van der Waals surface area contributed by atoms with Crippen molar-refractivity contribution < 1.29 is 24.2 Å². The quantitative estimate of drug-likeness (QED) is 0.813.